The molecule has 10 rings (SSSR count). The second-order valence-electron chi connectivity index (χ2n) is 13.7. The molecule has 2 nitrogen and oxygen atoms in total. The van der Waals surface area contributed by atoms with Gasteiger partial charge in [-0.05, 0) is 81.7 Å². The van der Waals surface area contributed by atoms with E-state index in [0.29, 0.717) is 0 Å². The van der Waals surface area contributed by atoms with Crippen molar-refractivity contribution in [1.29, 1.82) is 0 Å². The molecule has 0 aliphatic carbocycles. The number of aromatic nitrogens is 1. The maximum absolute atomic E-state index is 2.44. The quantitative estimate of drug-likeness (QED) is 0.162. The van der Waals surface area contributed by atoms with Crippen molar-refractivity contribution >= 4 is 49.6 Å². The molecular weight excluding hydrogens is 653 g/mol. The molecule has 0 unspecified atom stereocenters. The zero-order chi connectivity index (χ0) is 35.8. The molecule has 0 N–H and O–H groups in total. The van der Waals surface area contributed by atoms with Gasteiger partial charge in [0.2, 0.25) is 0 Å². The fourth-order valence-corrected chi connectivity index (χ4v) is 8.11. The van der Waals surface area contributed by atoms with E-state index in [1.165, 1.54) is 60.4 Å². The third-order valence-electron chi connectivity index (χ3n) is 10.6. The van der Waals surface area contributed by atoms with Crippen LogP contribution in [-0.2, 0) is 0 Å². The van der Waals surface area contributed by atoms with Gasteiger partial charge in [0.25, 0.3) is 0 Å². The molecule has 0 spiro atoms. The fourth-order valence-electron chi connectivity index (χ4n) is 8.11. The average Bonchev–Trinajstić information content (AvgIpc) is 3.59. The van der Waals surface area contributed by atoms with Crippen molar-refractivity contribution in [2.24, 2.45) is 0 Å². The van der Waals surface area contributed by atoms with Crippen LogP contribution in [0.1, 0.15) is 0 Å². The van der Waals surface area contributed by atoms with Crippen molar-refractivity contribution in [2.45, 2.75) is 0 Å². The fraction of sp³-hybridized carbons (Fsp3) is 0. The summed E-state index contributed by atoms with van der Waals surface area (Å²) in [7, 11) is 0. The van der Waals surface area contributed by atoms with Gasteiger partial charge in [-0.1, -0.05) is 170 Å². The highest BCUT2D eigenvalue weighted by molar-refractivity contribution is 6.10. The van der Waals surface area contributed by atoms with Gasteiger partial charge in [0.05, 0.1) is 22.4 Å². The molecule has 0 saturated carbocycles. The van der Waals surface area contributed by atoms with Crippen molar-refractivity contribution in [1.82, 2.24) is 4.57 Å². The molecule has 1 aromatic heterocycles. The Kier molecular flexibility index (Phi) is 7.85. The lowest BCUT2D eigenvalue weighted by atomic mass is 9.92. The van der Waals surface area contributed by atoms with Crippen LogP contribution in [-0.4, -0.2) is 4.57 Å². The molecule has 10 aromatic rings. The Balaban J connectivity index is 1.14. The van der Waals surface area contributed by atoms with Crippen LogP contribution in [0.2, 0.25) is 0 Å². The highest BCUT2D eigenvalue weighted by Crippen LogP contribution is 2.43. The van der Waals surface area contributed by atoms with Crippen LogP contribution in [0.4, 0.5) is 17.1 Å². The minimum Gasteiger partial charge on any atom is -0.310 e. The van der Waals surface area contributed by atoms with E-state index in [2.05, 4.69) is 228 Å². The van der Waals surface area contributed by atoms with Gasteiger partial charge in [-0.2, -0.15) is 0 Å². The zero-order valence-corrected chi connectivity index (χ0v) is 29.7. The second kappa shape index (κ2) is 13.4. The number of nitrogens with zero attached hydrogens (tertiary/aromatic N) is 2. The maximum Gasteiger partial charge on any atom is 0.0546 e. The van der Waals surface area contributed by atoms with Crippen molar-refractivity contribution in [3.8, 4) is 39.1 Å². The molecule has 254 valence electrons. The van der Waals surface area contributed by atoms with Gasteiger partial charge < -0.3 is 9.47 Å². The monoisotopic (exact) mass is 688 g/mol. The topological polar surface area (TPSA) is 8.17 Å². The number of hydrogen-bond donors (Lipinski definition) is 0. The number of benzene rings is 9. The van der Waals surface area contributed by atoms with Gasteiger partial charge in [0, 0.05) is 33.1 Å². The Morgan fingerprint density at radius 3 is 1.44 bits per heavy atom. The Labute approximate surface area is 315 Å². The predicted molar refractivity (Wildman–Crippen MR) is 229 cm³/mol. The number of fused-ring (bicyclic) bond motifs is 4. The summed E-state index contributed by atoms with van der Waals surface area (Å²) in [6.07, 6.45) is 0. The first-order valence-corrected chi connectivity index (χ1v) is 18.5. The molecule has 2 heteroatoms. The Morgan fingerprint density at radius 1 is 0.315 bits per heavy atom. The van der Waals surface area contributed by atoms with Gasteiger partial charge in [0.1, 0.15) is 0 Å². The van der Waals surface area contributed by atoms with Crippen LogP contribution in [0, 0.1) is 0 Å². The third-order valence-corrected chi connectivity index (χ3v) is 10.6. The summed E-state index contributed by atoms with van der Waals surface area (Å²) in [6, 6.07) is 78.8. The summed E-state index contributed by atoms with van der Waals surface area (Å²) < 4.78 is 2.44. The summed E-state index contributed by atoms with van der Waals surface area (Å²) in [6.45, 7) is 0. The minimum atomic E-state index is 1.10. The molecule has 0 radical (unpaired) electrons. The van der Waals surface area contributed by atoms with Crippen molar-refractivity contribution in [2.75, 3.05) is 4.90 Å². The molecule has 0 atom stereocenters. The maximum atomic E-state index is 2.44. The SMILES string of the molecule is c1ccc(-c2ccc(N(c3ccc(-c4cccc(-n5c6ccccc6c6ccccc65)c4-c4ccccc4)cc3)c3cccc4ccccc34)cc2)cc1. The van der Waals surface area contributed by atoms with E-state index in [4.69, 9.17) is 0 Å². The lowest BCUT2D eigenvalue weighted by Crippen LogP contribution is -2.10. The van der Waals surface area contributed by atoms with Gasteiger partial charge in [-0.25, -0.2) is 0 Å². The molecule has 0 amide bonds. The average molecular weight is 689 g/mol. The number of hydrogen-bond acceptors (Lipinski definition) is 1. The molecule has 0 bridgehead atoms. The summed E-state index contributed by atoms with van der Waals surface area (Å²) in [5.74, 6) is 0. The molecule has 0 saturated heterocycles. The van der Waals surface area contributed by atoms with Crippen molar-refractivity contribution in [3.63, 3.8) is 0 Å². The van der Waals surface area contributed by atoms with Gasteiger partial charge >= 0.3 is 0 Å². The van der Waals surface area contributed by atoms with E-state index in [0.717, 1.165) is 28.3 Å². The highest BCUT2D eigenvalue weighted by atomic mass is 15.1. The van der Waals surface area contributed by atoms with Crippen LogP contribution in [0.15, 0.2) is 218 Å². The van der Waals surface area contributed by atoms with E-state index in [-0.39, 0.29) is 0 Å². The van der Waals surface area contributed by atoms with Crippen LogP contribution >= 0.6 is 0 Å². The Morgan fingerprint density at radius 2 is 0.796 bits per heavy atom. The summed E-state index contributed by atoms with van der Waals surface area (Å²) in [4.78, 5) is 2.38. The summed E-state index contributed by atoms with van der Waals surface area (Å²) in [5, 5.41) is 4.94. The van der Waals surface area contributed by atoms with Crippen LogP contribution < -0.4 is 4.90 Å². The van der Waals surface area contributed by atoms with Gasteiger partial charge in [0.15, 0.2) is 0 Å². The molecule has 54 heavy (non-hydrogen) atoms. The smallest absolute Gasteiger partial charge is 0.0546 e. The van der Waals surface area contributed by atoms with Crippen LogP contribution in [0.3, 0.4) is 0 Å². The van der Waals surface area contributed by atoms with E-state index in [1.54, 1.807) is 0 Å². The number of rotatable bonds is 7. The zero-order valence-electron chi connectivity index (χ0n) is 29.7. The molecule has 0 aliphatic rings. The van der Waals surface area contributed by atoms with Gasteiger partial charge in [-0.3, -0.25) is 0 Å². The van der Waals surface area contributed by atoms with Crippen LogP contribution in [0.25, 0.3) is 71.6 Å². The largest absolute Gasteiger partial charge is 0.310 e. The first-order chi connectivity index (χ1) is 26.8. The minimum absolute atomic E-state index is 1.10. The highest BCUT2D eigenvalue weighted by Gasteiger charge is 2.20. The standard InChI is InChI=1S/C52H36N2/c1-3-15-37(16-4-1)38-29-33-42(34-30-38)53(48-27-13-20-39-17-7-8-21-44(39)48)43-35-31-40(32-36-43)45-24-14-28-51(52(45)41-18-5-2-6-19-41)54-49-25-11-9-22-46(49)47-23-10-12-26-50(47)54/h1-36H. The van der Waals surface area contributed by atoms with Crippen molar-refractivity contribution in [3.05, 3.63) is 218 Å². The third kappa shape index (κ3) is 5.44. The Bertz CT molecular complexity index is 2850. The predicted octanol–water partition coefficient (Wildman–Crippen LogP) is 14.4. The molecule has 9 aromatic carbocycles. The van der Waals surface area contributed by atoms with E-state index in [1.807, 2.05) is 0 Å². The lowest BCUT2D eigenvalue weighted by molar-refractivity contribution is 1.18. The first kappa shape index (κ1) is 31.6. The number of para-hydroxylation sites is 2. The van der Waals surface area contributed by atoms with E-state index >= 15 is 0 Å². The number of anilines is 3. The molecular formula is C52H36N2. The molecule has 1 heterocycles. The van der Waals surface area contributed by atoms with Gasteiger partial charge in [-0.15, -0.1) is 0 Å². The van der Waals surface area contributed by atoms with E-state index in [9.17, 15) is 0 Å². The molecule has 0 fully saturated rings. The van der Waals surface area contributed by atoms with Crippen molar-refractivity contribution < 1.29 is 0 Å². The van der Waals surface area contributed by atoms with Crippen LogP contribution in [0.5, 0.6) is 0 Å². The summed E-state index contributed by atoms with van der Waals surface area (Å²) in [5.41, 5.74) is 14.1. The van der Waals surface area contributed by atoms with E-state index < -0.39 is 0 Å². The summed E-state index contributed by atoms with van der Waals surface area (Å²) >= 11 is 0. The second-order valence-corrected chi connectivity index (χ2v) is 13.7. The lowest BCUT2D eigenvalue weighted by Gasteiger charge is -2.27. The molecule has 0 aliphatic heterocycles. The normalized spacial score (nSPS) is 11.3. The Hall–Kier alpha value is -7.16. The first-order valence-electron chi connectivity index (χ1n) is 18.5.